The van der Waals surface area contributed by atoms with Crippen molar-refractivity contribution in [1.29, 1.82) is 0 Å². The number of aromatic nitrogens is 1. The Bertz CT molecular complexity index is 1150. The van der Waals surface area contributed by atoms with E-state index >= 15 is 0 Å². The molecule has 5 atom stereocenters. The molecule has 1 aromatic heterocycles. The summed E-state index contributed by atoms with van der Waals surface area (Å²) < 4.78 is 1.68. The van der Waals surface area contributed by atoms with E-state index in [0.717, 1.165) is 55.3 Å². The smallest absolute Gasteiger partial charge is 0.254 e. The fraction of sp³-hybridized carbons (Fsp3) is 0.536. The number of likely N-dealkylation sites (tertiary alicyclic amines) is 1. The van der Waals surface area contributed by atoms with Crippen LogP contribution in [0.1, 0.15) is 51.0 Å². The molecule has 1 saturated carbocycles. The zero-order chi connectivity index (χ0) is 26.5. The number of carbonyl (C=O) groups excluding carboxylic acids is 2. The summed E-state index contributed by atoms with van der Waals surface area (Å²) in [4.78, 5) is 39.3. The maximum absolute atomic E-state index is 13.0. The molecule has 0 spiro atoms. The zero-order valence-corrected chi connectivity index (χ0v) is 21.9. The van der Waals surface area contributed by atoms with Crippen LogP contribution in [0.5, 0.6) is 0 Å². The summed E-state index contributed by atoms with van der Waals surface area (Å²) in [7, 11) is 0. The van der Waals surface area contributed by atoms with Gasteiger partial charge in [-0.1, -0.05) is 36.8 Å². The van der Waals surface area contributed by atoms with Gasteiger partial charge in [0.2, 0.25) is 0 Å². The highest BCUT2D eigenvalue weighted by Crippen LogP contribution is 2.36. The molecule has 2 heterocycles. The highest BCUT2D eigenvalue weighted by molar-refractivity contribution is 6.20. The van der Waals surface area contributed by atoms with Crippen LogP contribution in [-0.2, 0) is 22.7 Å². The van der Waals surface area contributed by atoms with Gasteiger partial charge in [-0.05, 0) is 62.1 Å². The van der Waals surface area contributed by atoms with Gasteiger partial charge in [-0.15, -0.1) is 11.6 Å². The van der Waals surface area contributed by atoms with Crippen LogP contribution >= 0.6 is 11.6 Å². The molecular formula is C28H36ClN3O5. The minimum absolute atomic E-state index is 0.00817. The van der Waals surface area contributed by atoms with Gasteiger partial charge in [0, 0.05) is 37.1 Å². The van der Waals surface area contributed by atoms with E-state index in [1.54, 1.807) is 15.5 Å². The first-order valence-corrected chi connectivity index (χ1v) is 13.6. The molecule has 37 heavy (non-hydrogen) atoms. The van der Waals surface area contributed by atoms with Crippen molar-refractivity contribution in [3.63, 3.8) is 0 Å². The SMILES string of the molecule is CCn1c(-c2ccc(CNC(=O)[C@H](O)[C@@H](O)C(=O)N3CCC[C@@H]3C3CCCC(Cl)C3)cc2)cccc1=O. The molecule has 2 aliphatic rings. The molecule has 1 aromatic carbocycles. The summed E-state index contributed by atoms with van der Waals surface area (Å²) in [5.74, 6) is -1.12. The number of nitrogens with one attached hydrogen (secondary N) is 1. The van der Waals surface area contributed by atoms with Gasteiger partial charge in [0.05, 0.1) is 5.69 Å². The summed E-state index contributed by atoms with van der Waals surface area (Å²) in [6, 6.07) is 12.5. The van der Waals surface area contributed by atoms with Gasteiger partial charge in [0.1, 0.15) is 0 Å². The standard InChI is InChI=1S/C28H36ClN3O5/c1-2-31-22(8-4-10-24(31)33)19-13-11-18(12-14-19)17-30-27(36)25(34)26(35)28(37)32-15-5-9-23(32)20-6-3-7-21(29)16-20/h4,8,10-14,20-21,23,25-26,34-35H,2-3,5-7,9,15-17H2,1H3,(H,30,36)/t20?,21?,23-,25-,26-/m1/s1. The maximum Gasteiger partial charge on any atom is 0.254 e. The average Bonchev–Trinajstić information content (AvgIpc) is 3.41. The predicted molar refractivity (Wildman–Crippen MR) is 142 cm³/mol. The van der Waals surface area contributed by atoms with Gasteiger partial charge in [-0.2, -0.15) is 0 Å². The quantitative estimate of drug-likeness (QED) is 0.455. The number of aliphatic hydroxyl groups is 2. The fourth-order valence-corrected chi connectivity index (χ4v) is 6.09. The highest BCUT2D eigenvalue weighted by Gasteiger charge is 2.41. The van der Waals surface area contributed by atoms with Gasteiger partial charge < -0.3 is 25.0 Å². The lowest BCUT2D eigenvalue weighted by atomic mass is 9.82. The van der Waals surface area contributed by atoms with Crippen molar-refractivity contribution in [2.24, 2.45) is 5.92 Å². The number of alkyl halides is 1. The summed E-state index contributed by atoms with van der Waals surface area (Å²) in [5, 5.41) is 23.7. The van der Waals surface area contributed by atoms with Crippen LogP contribution < -0.4 is 10.9 Å². The Hall–Kier alpha value is -2.68. The molecule has 2 amide bonds. The van der Waals surface area contributed by atoms with Crippen molar-refractivity contribution < 1.29 is 19.8 Å². The number of nitrogens with zero attached hydrogens (tertiary/aromatic N) is 2. The van der Waals surface area contributed by atoms with Gasteiger partial charge in [0.25, 0.3) is 17.4 Å². The predicted octanol–water partition coefficient (Wildman–Crippen LogP) is 2.66. The Morgan fingerprint density at radius 3 is 2.51 bits per heavy atom. The van der Waals surface area contributed by atoms with Crippen LogP contribution in [-0.4, -0.2) is 61.7 Å². The largest absolute Gasteiger partial charge is 0.380 e. The van der Waals surface area contributed by atoms with E-state index in [-0.39, 0.29) is 29.4 Å². The molecule has 2 unspecified atom stereocenters. The number of aliphatic hydroxyl groups excluding tert-OH is 2. The van der Waals surface area contributed by atoms with Crippen LogP contribution in [0.2, 0.25) is 0 Å². The molecule has 0 radical (unpaired) electrons. The van der Waals surface area contributed by atoms with Crippen molar-refractivity contribution in [3.05, 3.63) is 58.4 Å². The summed E-state index contributed by atoms with van der Waals surface area (Å²) >= 11 is 6.36. The minimum atomic E-state index is -1.86. The van der Waals surface area contributed by atoms with Crippen molar-refractivity contribution in [1.82, 2.24) is 14.8 Å². The van der Waals surface area contributed by atoms with Crippen LogP contribution in [0, 0.1) is 5.92 Å². The van der Waals surface area contributed by atoms with E-state index in [1.807, 2.05) is 37.3 Å². The third kappa shape index (κ3) is 6.25. The lowest BCUT2D eigenvalue weighted by Crippen LogP contribution is -2.53. The number of carbonyl (C=O) groups is 2. The highest BCUT2D eigenvalue weighted by atomic mass is 35.5. The molecule has 0 bridgehead atoms. The van der Waals surface area contributed by atoms with E-state index in [9.17, 15) is 24.6 Å². The Morgan fingerprint density at radius 2 is 1.81 bits per heavy atom. The number of benzene rings is 1. The molecule has 1 aliphatic heterocycles. The molecule has 1 saturated heterocycles. The number of hydrogen-bond acceptors (Lipinski definition) is 5. The van der Waals surface area contributed by atoms with Gasteiger partial charge in [-0.25, -0.2) is 0 Å². The molecule has 200 valence electrons. The molecule has 9 heteroatoms. The van der Waals surface area contributed by atoms with Crippen LogP contribution in [0.4, 0.5) is 0 Å². The number of amides is 2. The number of pyridine rings is 1. The third-order valence-electron chi connectivity index (χ3n) is 7.68. The molecule has 4 rings (SSSR count). The van der Waals surface area contributed by atoms with E-state index in [4.69, 9.17) is 11.6 Å². The van der Waals surface area contributed by atoms with Gasteiger partial charge >= 0.3 is 0 Å². The van der Waals surface area contributed by atoms with Crippen molar-refractivity contribution in [3.8, 4) is 11.3 Å². The average molecular weight is 530 g/mol. The topological polar surface area (TPSA) is 112 Å². The van der Waals surface area contributed by atoms with Crippen molar-refractivity contribution in [2.45, 2.75) is 82.2 Å². The second kappa shape index (κ2) is 12.2. The lowest BCUT2D eigenvalue weighted by Gasteiger charge is -2.36. The van der Waals surface area contributed by atoms with Crippen LogP contribution in [0.15, 0.2) is 47.3 Å². The zero-order valence-electron chi connectivity index (χ0n) is 21.2. The van der Waals surface area contributed by atoms with E-state index in [1.165, 1.54) is 6.07 Å². The number of rotatable bonds is 8. The summed E-state index contributed by atoms with van der Waals surface area (Å²) in [5.41, 5.74) is 2.38. The normalized spacial score (nSPS) is 23.5. The first-order valence-electron chi connectivity index (χ1n) is 13.2. The molecule has 3 N–H and O–H groups in total. The lowest BCUT2D eigenvalue weighted by molar-refractivity contribution is -0.154. The van der Waals surface area contributed by atoms with E-state index in [0.29, 0.717) is 13.1 Å². The number of hydrogen-bond donors (Lipinski definition) is 3. The van der Waals surface area contributed by atoms with Crippen LogP contribution in [0.3, 0.4) is 0 Å². The maximum atomic E-state index is 13.0. The van der Waals surface area contributed by atoms with Crippen LogP contribution in [0.25, 0.3) is 11.3 Å². The molecule has 8 nitrogen and oxygen atoms in total. The fourth-order valence-electron chi connectivity index (χ4n) is 5.71. The Labute approximate surface area is 222 Å². The molecule has 1 aliphatic carbocycles. The number of halogens is 1. The molecular weight excluding hydrogens is 494 g/mol. The van der Waals surface area contributed by atoms with E-state index < -0.39 is 24.0 Å². The monoisotopic (exact) mass is 529 g/mol. The molecule has 2 aromatic rings. The first kappa shape index (κ1) is 27.4. The Morgan fingerprint density at radius 1 is 1.05 bits per heavy atom. The second-order valence-electron chi connectivity index (χ2n) is 10.1. The Kier molecular flexibility index (Phi) is 9.05. The summed E-state index contributed by atoms with van der Waals surface area (Å²) in [6.07, 6.45) is 1.85. The van der Waals surface area contributed by atoms with Gasteiger partial charge in [-0.3, -0.25) is 14.4 Å². The minimum Gasteiger partial charge on any atom is -0.380 e. The van der Waals surface area contributed by atoms with E-state index in [2.05, 4.69) is 5.32 Å². The third-order valence-corrected chi connectivity index (χ3v) is 8.08. The molecule has 2 fully saturated rings. The van der Waals surface area contributed by atoms with Crippen molar-refractivity contribution >= 4 is 23.4 Å². The van der Waals surface area contributed by atoms with Gasteiger partial charge in [0.15, 0.2) is 12.2 Å². The second-order valence-corrected chi connectivity index (χ2v) is 10.7. The first-order chi connectivity index (χ1) is 17.8. The van der Waals surface area contributed by atoms with Crippen molar-refractivity contribution in [2.75, 3.05) is 6.54 Å². The summed E-state index contributed by atoms with van der Waals surface area (Å²) in [6.45, 7) is 3.10. The Balaban J connectivity index is 1.33.